The van der Waals surface area contributed by atoms with Gasteiger partial charge in [-0.15, -0.1) is 0 Å². The van der Waals surface area contributed by atoms with Crippen molar-refractivity contribution in [1.29, 1.82) is 5.26 Å². The summed E-state index contributed by atoms with van der Waals surface area (Å²) in [5.41, 5.74) is 1.47. The lowest BCUT2D eigenvalue weighted by Crippen LogP contribution is -1.97. The van der Waals surface area contributed by atoms with Crippen LogP contribution in [0.5, 0.6) is 0 Å². The van der Waals surface area contributed by atoms with E-state index in [0.717, 1.165) is 5.52 Å². The smallest absolute Gasteiger partial charge is 0.264 e. The van der Waals surface area contributed by atoms with E-state index in [-0.39, 0.29) is 5.75 Å². The Labute approximate surface area is 98.9 Å². The molecule has 0 unspecified atom stereocenters. The molecule has 0 fully saturated rings. The molecule has 0 aliphatic rings. The lowest BCUT2D eigenvalue weighted by molar-refractivity contribution is 0.484. The summed E-state index contributed by atoms with van der Waals surface area (Å²) < 4.78 is 28.6. The fraction of sp³-hybridized carbons (Fsp3) is 0.200. The van der Waals surface area contributed by atoms with Gasteiger partial charge in [0, 0.05) is 6.20 Å². The van der Waals surface area contributed by atoms with Crippen molar-refractivity contribution < 1.29 is 13.0 Å². The Balaban J connectivity index is 0.000000209. The van der Waals surface area contributed by atoms with Gasteiger partial charge in [0.1, 0.15) is 6.07 Å². The minimum Gasteiger partial charge on any atom is -0.286 e. The molecule has 2 aromatic rings. The Morgan fingerprint density at radius 3 is 2.71 bits per heavy atom. The molecule has 0 amide bonds. The molecule has 0 radical (unpaired) electrons. The predicted octanol–water partition coefficient (Wildman–Crippen LogP) is 1.10. The van der Waals surface area contributed by atoms with Crippen LogP contribution in [0.2, 0.25) is 0 Å². The van der Waals surface area contributed by atoms with Crippen molar-refractivity contribution in [2.24, 2.45) is 0 Å². The van der Waals surface area contributed by atoms with Crippen LogP contribution in [-0.4, -0.2) is 28.3 Å². The van der Waals surface area contributed by atoms with Crippen molar-refractivity contribution in [3.63, 3.8) is 0 Å². The maximum atomic E-state index is 9.56. The number of rotatable bonds is 1. The number of hydrogen-bond acceptors (Lipinski definition) is 4. The van der Waals surface area contributed by atoms with Gasteiger partial charge in [-0.2, -0.15) is 18.8 Å². The molecule has 6 nitrogen and oxygen atoms in total. The number of nitriles is 1. The molecule has 17 heavy (non-hydrogen) atoms. The van der Waals surface area contributed by atoms with Crippen LogP contribution >= 0.6 is 0 Å². The first kappa shape index (κ1) is 13.2. The standard InChI is InChI=1S/C8H5N3.C2H6O3S/c9-5-7-6-10-11-4-2-1-3-8(7)11;1-2-6(3,4)5/h1-4,6H;2H2,1H3,(H,3,4,5). The molecule has 2 aromatic heterocycles. The zero-order valence-electron chi connectivity index (χ0n) is 9.11. The van der Waals surface area contributed by atoms with Crippen LogP contribution < -0.4 is 0 Å². The SMILES string of the molecule is CCS(=O)(=O)O.N#Cc1cnn2ccccc12. The molecular weight excluding hydrogens is 242 g/mol. The van der Waals surface area contributed by atoms with Gasteiger partial charge in [-0.1, -0.05) is 6.07 Å². The molecule has 7 heteroatoms. The van der Waals surface area contributed by atoms with Gasteiger partial charge in [-0.25, -0.2) is 4.52 Å². The van der Waals surface area contributed by atoms with Crippen LogP contribution in [0.25, 0.3) is 5.52 Å². The van der Waals surface area contributed by atoms with Crippen LogP contribution in [0.1, 0.15) is 12.5 Å². The number of fused-ring (bicyclic) bond motifs is 1. The molecule has 0 saturated carbocycles. The molecule has 0 bridgehead atoms. The minimum atomic E-state index is -3.66. The summed E-state index contributed by atoms with van der Waals surface area (Å²) in [7, 11) is -3.66. The molecule has 2 rings (SSSR count). The van der Waals surface area contributed by atoms with Crippen molar-refractivity contribution in [3.05, 3.63) is 36.2 Å². The molecule has 1 N–H and O–H groups in total. The van der Waals surface area contributed by atoms with Crippen LogP contribution in [0.3, 0.4) is 0 Å². The van der Waals surface area contributed by atoms with Crippen molar-refractivity contribution in [1.82, 2.24) is 9.61 Å². The second-order valence-corrected chi connectivity index (χ2v) is 4.81. The van der Waals surface area contributed by atoms with Crippen LogP contribution in [0, 0.1) is 11.3 Å². The maximum absolute atomic E-state index is 9.56. The molecular formula is C10H11N3O3S. The van der Waals surface area contributed by atoms with Crippen LogP contribution in [-0.2, 0) is 10.1 Å². The summed E-state index contributed by atoms with van der Waals surface area (Å²) in [6.07, 6.45) is 3.38. The van der Waals surface area contributed by atoms with E-state index in [4.69, 9.17) is 9.81 Å². The van der Waals surface area contributed by atoms with Gasteiger partial charge in [-0.05, 0) is 19.1 Å². The highest BCUT2D eigenvalue weighted by atomic mass is 32.2. The first-order chi connectivity index (χ1) is 7.98. The molecule has 0 aromatic carbocycles. The third kappa shape index (κ3) is 3.86. The molecule has 2 heterocycles. The fourth-order valence-corrected chi connectivity index (χ4v) is 1.02. The number of pyridine rings is 1. The largest absolute Gasteiger partial charge is 0.286 e. The van der Waals surface area contributed by atoms with Crippen molar-refractivity contribution >= 4 is 15.6 Å². The number of hydrogen-bond donors (Lipinski definition) is 1. The average molecular weight is 253 g/mol. The van der Waals surface area contributed by atoms with Gasteiger partial charge in [-0.3, -0.25) is 4.55 Å². The van der Waals surface area contributed by atoms with Gasteiger partial charge in [0.15, 0.2) is 0 Å². The van der Waals surface area contributed by atoms with E-state index >= 15 is 0 Å². The van der Waals surface area contributed by atoms with Crippen molar-refractivity contribution in [3.8, 4) is 6.07 Å². The Kier molecular flexibility index (Phi) is 4.20. The summed E-state index contributed by atoms with van der Waals surface area (Å²) in [6, 6.07) is 7.70. The summed E-state index contributed by atoms with van der Waals surface area (Å²) in [4.78, 5) is 0. The number of nitrogens with zero attached hydrogens (tertiary/aromatic N) is 3. The van der Waals surface area contributed by atoms with Crippen molar-refractivity contribution in [2.45, 2.75) is 6.92 Å². The van der Waals surface area contributed by atoms with Gasteiger partial charge in [0.05, 0.1) is 23.0 Å². The minimum absolute atomic E-state index is 0.201. The molecule has 90 valence electrons. The van der Waals surface area contributed by atoms with Gasteiger partial charge in [0.25, 0.3) is 10.1 Å². The lowest BCUT2D eigenvalue weighted by atomic mass is 10.3. The highest BCUT2D eigenvalue weighted by molar-refractivity contribution is 7.85. The molecule has 0 atom stereocenters. The molecule has 0 saturated heterocycles. The van der Waals surface area contributed by atoms with E-state index < -0.39 is 10.1 Å². The predicted molar refractivity (Wildman–Crippen MR) is 62.0 cm³/mol. The van der Waals surface area contributed by atoms with E-state index in [1.54, 1.807) is 10.7 Å². The van der Waals surface area contributed by atoms with E-state index in [1.807, 2.05) is 24.4 Å². The second kappa shape index (κ2) is 5.43. The Morgan fingerprint density at radius 2 is 2.18 bits per heavy atom. The Hall–Kier alpha value is -1.91. The lowest BCUT2D eigenvalue weighted by Gasteiger charge is -1.88. The monoisotopic (exact) mass is 253 g/mol. The summed E-state index contributed by atoms with van der Waals surface area (Å²) >= 11 is 0. The zero-order valence-corrected chi connectivity index (χ0v) is 9.92. The number of aromatic nitrogens is 2. The third-order valence-electron chi connectivity index (χ3n) is 1.91. The summed E-state index contributed by atoms with van der Waals surface area (Å²) in [5.74, 6) is -0.201. The van der Waals surface area contributed by atoms with Gasteiger partial charge < -0.3 is 0 Å². The Bertz CT molecular complexity index is 640. The normalized spacial score (nSPS) is 10.4. The van der Waals surface area contributed by atoms with Crippen LogP contribution in [0.15, 0.2) is 30.6 Å². The summed E-state index contributed by atoms with van der Waals surface area (Å²) in [6.45, 7) is 1.37. The topological polar surface area (TPSA) is 95.5 Å². The first-order valence-electron chi connectivity index (χ1n) is 4.75. The fourth-order valence-electron chi connectivity index (χ4n) is 1.02. The third-order valence-corrected chi connectivity index (χ3v) is 2.64. The molecule has 0 aliphatic heterocycles. The van der Waals surface area contributed by atoms with Crippen molar-refractivity contribution in [2.75, 3.05) is 5.75 Å². The van der Waals surface area contributed by atoms with E-state index in [9.17, 15) is 8.42 Å². The van der Waals surface area contributed by atoms with E-state index in [2.05, 4.69) is 11.2 Å². The molecule has 0 spiro atoms. The summed E-state index contributed by atoms with van der Waals surface area (Å²) in [5, 5.41) is 12.6. The van der Waals surface area contributed by atoms with E-state index in [1.165, 1.54) is 6.92 Å². The second-order valence-electron chi connectivity index (χ2n) is 3.07. The van der Waals surface area contributed by atoms with Crippen LogP contribution in [0.4, 0.5) is 0 Å². The first-order valence-corrected chi connectivity index (χ1v) is 6.36. The highest BCUT2D eigenvalue weighted by Gasteiger charge is 1.99. The highest BCUT2D eigenvalue weighted by Crippen LogP contribution is 2.06. The quantitative estimate of drug-likeness (QED) is 0.768. The zero-order chi connectivity index (χ0) is 12.9. The van der Waals surface area contributed by atoms with Gasteiger partial charge in [0.2, 0.25) is 0 Å². The maximum Gasteiger partial charge on any atom is 0.264 e. The molecule has 0 aliphatic carbocycles. The Morgan fingerprint density at radius 1 is 1.53 bits per heavy atom. The van der Waals surface area contributed by atoms with E-state index in [0.29, 0.717) is 5.56 Å². The average Bonchev–Trinajstić information content (AvgIpc) is 2.72. The van der Waals surface area contributed by atoms with Gasteiger partial charge >= 0.3 is 0 Å².